The van der Waals surface area contributed by atoms with Crippen LogP contribution < -0.4 is 4.74 Å². The molecule has 1 rings (SSSR count). The number of hydrogen-bond acceptors (Lipinski definition) is 2. The highest BCUT2D eigenvalue weighted by Gasteiger charge is 2.19. The quantitative estimate of drug-likeness (QED) is 0.791. The molecule has 0 saturated heterocycles. The smallest absolute Gasteiger partial charge is 0.145 e. The van der Waals surface area contributed by atoms with E-state index in [4.69, 9.17) is 4.74 Å². The van der Waals surface area contributed by atoms with Gasteiger partial charge in [0, 0.05) is 10.0 Å². The summed E-state index contributed by atoms with van der Waals surface area (Å²) in [5.41, 5.74) is 1.57. The van der Waals surface area contributed by atoms with Crippen molar-refractivity contribution in [1.29, 1.82) is 0 Å². The molecular formula is C13H18BrNO2S. The summed E-state index contributed by atoms with van der Waals surface area (Å²) in [7, 11) is 0.348. The molecule has 0 saturated carbocycles. The topological polar surface area (TPSA) is 38.7 Å². The number of halogens is 1. The summed E-state index contributed by atoms with van der Waals surface area (Å²) in [6.45, 7) is 7.55. The molecule has 5 heteroatoms. The Morgan fingerprint density at radius 1 is 1.39 bits per heavy atom. The Balaban J connectivity index is 3.15. The van der Waals surface area contributed by atoms with Gasteiger partial charge in [-0.05, 0) is 45.9 Å². The van der Waals surface area contributed by atoms with Crippen LogP contribution in [0.1, 0.15) is 33.3 Å². The lowest BCUT2D eigenvalue weighted by atomic mass is 10.1. The lowest BCUT2D eigenvalue weighted by Crippen LogP contribution is -2.20. The van der Waals surface area contributed by atoms with Crippen LogP contribution in [0.15, 0.2) is 27.1 Å². The summed E-state index contributed by atoms with van der Waals surface area (Å²) in [5.74, 6) is 0.719. The molecule has 0 radical (unpaired) electrons. The van der Waals surface area contributed by atoms with Gasteiger partial charge in [-0.1, -0.05) is 15.9 Å². The van der Waals surface area contributed by atoms with Gasteiger partial charge in [0.2, 0.25) is 0 Å². The van der Waals surface area contributed by atoms with Gasteiger partial charge in [0.1, 0.15) is 16.7 Å². The van der Waals surface area contributed by atoms with Crippen LogP contribution in [-0.2, 0) is 11.0 Å². The van der Waals surface area contributed by atoms with Crippen LogP contribution in [0, 0.1) is 0 Å². The van der Waals surface area contributed by atoms with Gasteiger partial charge in [-0.15, -0.1) is 0 Å². The minimum atomic E-state index is -1.26. The minimum absolute atomic E-state index is 0.357. The third-order valence-corrected chi connectivity index (χ3v) is 4.28. The summed E-state index contributed by atoms with van der Waals surface area (Å²) < 4.78 is 22.1. The second-order valence-electron chi connectivity index (χ2n) is 4.88. The first kappa shape index (κ1) is 15.4. The molecule has 0 heterocycles. The molecule has 1 unspecified atom stereocenters. The first-order valence-corrected chi connectivity index (χ1v) is 7.47. The summed E-state index contributed by atoms with van der Waals surface area (Å²) in [6, 6.07) is 5.69. The van der Waals surface area contributed by atoms with Crippen LogP contribution in [0.5, 0.6) is 5.75 Å². The Hall–Kier alpha value is -0.680. The van der Waals surface area contributed by atoms with Crippen LogP contribution in [-0.4, -0.2) is 21.8 Å². The Labute approximate surface area is 119 Å². The predicted molar refractivity (Wildman–Crippen MR) is 80.8 cm³/mol. The Morgan fingerprint density at radius 2 is 2.00 bits per heavy atom. The van der Waals surface area contributed by atoms with Crippen LogP contribution in [0.4, 0.5) is 0 Å². The number of benzene rings is 1. The van der Waals surface area contributed by atoms with E-state index in [-0.39, 0.29) is 4.75 Å². The SMILES string of the molecule is COc1cc(Br)ccc1C(C)=NS(=O)C(C)(C)C. The number of ether oxygens (including phenoxy) is 1. The van der Waals surface area contributed by atoms with Crippen molar-refractivity contribution in [3.63, 3.8) is 0 Å². The molecule has 0 fully saturated rings. The molecule has 0 aliphatic heterocycles. The molecular weight excluding hydrogens is 314 g/mol. The molecule has 3 nitrogen and oxygen atoms in total. The zero-order valence-corrected chi connectivity index (χ0v) is 13.7. The fraction of sp³-hybridized carbons (Fsp3) is 0.462. The fourth-order valence-corrected chi connectivity index (χ4v) is 2.24. The van der Waals surface area contributed by atoms with Crippen molar-refractivity contribution in [3.05, 3.63) is 28.2 Å². The summed E-state index contributed by atoms with van der Waals surface area (Å²) in [5, 5.41) is 0. The Morgan fingerprint density at radius 3 is 2.50 bits per heavy atom. The average molecular weight is 332 g/mol. The molecule has 1 atom stereocenters. The van der Waals surface area contributed by atoms with E-state index in [0.29, 0.717) is 5.71 Å². The lowest BCUT2D eigenvalue weighted by Gasteiger charge is -2.15. The summed E-state index contributed by atoms with van der Waals surface area (Å²) in [6.07, 6.45) is 0. The molecule has 1 aromatic rings. The largest absolute Gasteiger partial charge is 0.496 e. The molecule has 0 N–H and O–H groups in total. The second-order valence-corrected chi connectivity index (χ2v) is 7.70. The lowest BCUT2D eigenvalue weighted by molar-refractivity contribution is 0.413. The van der Waals surface area contributed by atoms with Gasteiger partial charge in [0.05, 0.1) is 17.6 Å². The number of nitrogens with zero attached hydrogens (tertiary/aromatic N) is 1. The monoisotopic (exact) mass is 331 g/mol. The first-order chi connectivity index (χ1) is 8.25. The van der Waals surface area contributed by atoms with E-state index in [1.807, 2.05) is 45.9 Å². The van der Waals surface area contributed by atoms with Gasteiger partial charge < -0.3 is 4.74 Å². The average Bonchev–Trinajstić information content (AvgIpc) is 2.27. The molecule has 0 bridgehead atoms. The maximum Gasteiger partial charge on any atom is 0.145 e. The summed E-state index contributed by atoms with van der Waals surface area (Å²) >= 11 is 3.39. The summed E-state index contributed by atoms with van der Waals surface area (Å²) in [4.78, 5) is 0. The highest BCUT2D eigenvalue weighted by atomic mass is 79.9. The number of methoxy groups -OCH3 is 1. The van der Waals surface area contributed by atoms with Crippen molar-refractivity contribution in [1.82, 2.24) is 0 Å². The van der Waals surface area contributed by atoms with Crippen molar-refractivity contribution < 1.29 is 8.95 Å². The maximum absolute atomic E-state index is 12.0. The van der Waals surface area contributed by atoms with Crippen LogP contribution in [0.25, 0.3) is 0 Å². The molecule has 1 aromatic carbocycles. The van der Waals surface area contributed by atoms with E-state index in [0.717, 1.165) is 15.8 Å². The standard InChI is InChI=1S/C13H18BrNO2S/c1-9(15-18(16)13(2,3)4)11-7-6-10(14)8-12(11)17-5/h6-8H,1-5H3. The van der Waals surface area contributed by atoms with E-state index in [1.165, 1.54) is 0 Å². The van der Waals surface area contributed by atoms with Gasteiger partial charge in [-0.2, -0.15) is 4.40 Å². The van der Waals surface area contributed by atoms with Crippen LogP contribution >= 0.6 is 15.9 Å². The Bertz CT molecular complexity index is 492. The third-order valence-electron chi connectivity index (χ3n) is 2.30. The molecule has 0 aliphatic carbocycles. The van der Waals surface area contributed by atoms with E-state index in [1.54, 1.807) is 7.11 Å². The van der Waals surface area contributed by atoms with Crippen molar-refractivity contribution in [2.45, 2.75) is 32.4 Å². The van der Waals surface area contributed by atoms with Crippen LogP contribution in [0.2, 0.25) is 0 Å². The molecule has 100 valence electrons. The highest BCUT2D eigenvalue weighted by molar-refractivity contribution is 9.10. The number of rotatable bonds is 3. The van der Waals surface area contributed by atoms with Gasteiger partial charge in [0.15, 0.2) is 0 Å². The molecule has 0 aliphatic rings. The normalized spacial score (nSPS) is 14.4. The van der Waals surface area contributed by atoms with E-state index < -0.39 is 11.0 Å². The van der Waals surface area contributed by atoms with Crippen molar-refractivity contribution in [3.8, 4) is 5.75 Å². The van der Waals surface area contributed by atoms with Gasteiger partial charge >= 0.3 is 0 Å². The first-order valence-electron chi connectivity index (χ1n) is 5.57. The van der Waals surface area contributed by atoms with Crippen molar-refractivity contribution in [2.75, 3.05) is 7.11 Å². The third kappa shape index (κ3) is 3.92. The van der Waals surface area contributed by atoms with E-state index >= 15 is 0 Å². The van der Waals surface area contributed by atoms with Crippen molar-refractivity contribution in [2.24, 2.45) is 4.40 Å². The van der Waals surface area contributed by atoms with Crippen LogP contribution in [0.3, 0.4) is 0 Å². The maximum atomic E-state index is 12.0. The van der Waals surface area contributed by atoms with Gasteiger partial charge in [-0.3, -0.25) is 0 Å². The molecule has 0 aromatic heterocycles. The predicted octanol–water partition coefficient (Wildman–Crippen LogP) is 3.73. The molecule has 0 spiro atoms. The molecule has 0 amide bonds. The second kappa shape index (κ2) is 5.97. The minimum Gasteiger partial charge on any atom is -0.496 e. The van der Waals surface area contributed by atoms with E-state index in [9.17, 15) is 4.21 Å². The fourth-order valence-electron chi connectivity index (χ4n) is 1.27. The highest BCUT2D eigenvalue weighted by Crippen LogP contribution is 2.25. The zero-order valence-electron chi connectivity index (χ0n) is 11.3. The van der Waals surface area contributed by atoms with E-state index in [2.05, 4.69) is 20.3 Å². The van der Waals surface area contributed by atoms with Gasteiger partial charge in [0.25, 0.3) is 0 Å². The molecule has 18 heavy (non-hydrogen) atoms. The van der Waals surface area contributed by atoms with Crippen molar-refractivity contribution >= 4 is 32.6 Å². The zero-order chi connectivity index (χ0) is 13.9. The Kier molecular flexibility index (Phi) is 5.10. The van der Waals surface area contributed by atoms with Gasteiger partial charge in [-0.25, -0.2) is 4.21 Å². The number of hydrogen-bond donors (Lipinski definition) is 0.